The molecule has 3 aliphatic rings. The molecule has 370 valence electrons. The molecule has 0 saturated carbocycles. The number of fused-ring (bicyclic) bond motifs is 3. The number of ether oxygens (including phenoxy) is 2. The molecular weight excluding hydrogens is 931 g/mol. The lowest BCUT2D eigenvalue weighted by Gasteiger charge is -2.31. The van der Waals surface area contributed by atoms with E-state index in [9.17, 15) is 24.0 Å². The highest BCUT2D eigenvalue weighted by Gasteiger charge is 2.33. The van der Waals surface area contributed by atoms with Gasteiger partial charge in [-0.1, -0.05) is 59.9 Å². The molecule has 10 rings (SSSR count). The second-order valence-corrected chi connectivity index (χ2v) is 20.9. The summed E-state index contributed by atoms with van der Waals surface area (Å²) in [5.74, 6) is -0.429. The summed E-state index contributed by atoms with van der Waals surface area (Å²) in [6.07, 6.45) is 3.06. The molecule has 1 unspecified atom stereocenters. The maximum Gasteiger partial charge on any atom is 0.358 e. The van der Waals surface area contributed by atoms with Crippen molar-refractivity contribution in [1.82, 2.24) is 30.0 Å². The molecule has 3 aliphatic heterocycles. The number of thiazole rings is 1. The average Bonchev–Trinajstić information content (AvgIpc) is 4.07. The van der Waals surface area contributed by atoms with Crippen LogP contribution in [0.15, 0.2) is 91.0 Å². The molecule has 0 radical (unpaired) electrons. The molecular formula is C55H57N9O7S. The maximum absolute atomic E-state index is 14.1. The molecule has 72 heavy (non-hydrogen) atoms. The van der Waals surface area contributed by atoms with E-state index in [0.29, 0.717) is 77.7 Å². The third kappa shape index (κ3) is 10.2. The molecule has 2 fully saturated rings. The number of nitrogens with zero attached hydrogens (tertiary/aromatic N) is 6. The van der Waals surface area contributed by atoms with Crippen LogP contribution in [0.5, 0.6) is 5.75 Å². The number of benzene rings is 4. The first-order valence-corrected chi connectivity index (χ1v) is 25.3. The van der Waals surface area contributed by atoms with Crippen LogP contribution in [0.1, 0.15) is 95.6 Å². The van der Waals surface area contributed by atoms with Gasteiger partial charge in [0, 0.05) is 49.6 Å². The predicted molar refractivity (Wildman–Crippen MR) is 277 cm³/mol. The molecule has 4 amide bonds. The first-order valence-electron chi connectivity index (χ1n) is 24.5. The monoisotopic (exact) mass is 987 g/mol. The van der Waals surface area contributed by atoms with E-state index in [1.807, 2.05) is 113 Å². The number of nitrogens with one attached hydrogen (secondary N) is 3. The summed E-state index contributed by atoms with van der Waals surface area (Å²) in [6, 6.07) is 28.8. The Morgan fingerprint density at radius 1 is 0.875 bits per heavy atom. The highest BCUT2D eigenvalue weighted by atomic mass is 32.1. The van der Waals surface area contributed by atoms with E-state index >= 15 is 0 Å². The van der Waals surface area contributed by atoms with Gasteiger partial charge in [0.05, 0.1) is 46.2 Å². The van der Waals surface area contributed by atoms with Crippen LogP contribution in [0.3, 0.4) is 0 Å². The number of para-hydroxylation sites is 2. The molecule has 17 heteroatoms. The van der Waals surface area contributed by atoms with Crippen LogP contribution in [-0.4, -0.2) is 92.6 Å². The Morgan fingerprint density at radius 2 is 1.69 bits per heavy atom. The number of esters is 1. The first kappa shape index (κ1) is 48.1. The second-order valence-electron chi connectivity index (χ2n) is 19.8. The van der Waals surface area contributed by atoms with Crippen molar-refractivity contribution in [3.05, 3.63) is 125 Å². The third-order valence-electron chi connectivity index (χ3n) is 13.7. The van der Waals surface area contributed by atoms with Crippen molar-refractivity contribution in [2.75, 3.05) is 48.3 Å². The topological polar surface area (TPSA) is 190 Å². The lowest BCUT2D eigenvalue weighted by atomic mass is 9.92. The minimum atomic E-state index is -0.763. The first-order chi connectivity index (χ1) is 34.7. The Morgan fingerprint density at radius 3 is 2.51 bits per heavy atom. The molecule has 16 nitrogen and oxygen atoms in total. The summed E-state index contributed by atoms with van der Waals surface area (Å²) in [5.41, 5.74) is 7.06. The number of anilines is 3. The van der Waals surface area contributed by atoms with Crippen molar-refractivity contribution in [2.45, 2.75) is 77.9 Å². The number of rotatable bonds is 13. The Hall–Kier alpha value is -7.50. The van der Waals surface area contributed by atoms with Crippen LogP contribution in [-0.2, 0) is 39.1 Å². The number of aryl methyl sites for hydroxylation is 1. The largest absolute Gasteiger partial charge is 0.493 e. The van der Waals surface area contributed by atoms with E-state index in [1.54, 1.807) is 11.7 Å². The van der Waals surface area contributed by atoms with Crippen molar-refractivity contribution >= 4 is 78.7 Å². The highest BCUT2D eigenvalue weighted by Crippen LogP contribution is 2.37. The van der Waals surface area contributed by atoms with Crippen molar-refractivity contribution in [3.8, 4) is 16.9 Å². The molecule has 4 aromatic carbocycles. The van der Waals surface area contributed by atoms with E-state index < -0.39 is 17.5 Å². The average molecular weight is 988 g/mol. The van der Waals surface area contributed by atoms with Crippen molar-refractivity contribution in [1.29, 1.82) is 0 Å². The third-order valence-corrected chi connectivity index (χ3v) is 14.6. The van der Waals surface area contributed by atoms with Crippen molar-refractivity contribution in [2.24, 2.45) is 13.0 Å². The Bertz CT molecular complexity index is 3250. The minimum absolute atomic E-state index is 0.138. The van der Waals surface area contributed by atoms with Crippen LogP contribution >= 0.6 is 11.3 Å². The normalized spacial score (nSPS) is 17.2. The van der Waals surface area contributed by atoms with Crippen molar-refractivity contribution < 1.29 is 33.4 Å². The number of hydrogen-bond acceptors (Lipinski definition) is 13. The van der Waals surface area contributed by atoms with Crippen LogP contribution < -0.4 is 25.6 Å². The summed E-state index contributed by atoms with van der Waals surface area (Å²) in [5, 5.41) is 14.5. The van der Waals surface area contributed by atoms with Gasteiger partial charge < -0.3 is 19.7 Å². The van der Waals surface area contributed by atoms with Gasteiger partial charge in [0.2, 0.25) is 17.7 Å². The fraction of sp³-hybridized carbons (Fsp3) is 0.345. The number of piperidine rings is 1. The summed E-state index contributed by atoms with van der Waals surface area (Å²) >= 11 is 1.44. The van der Waals surface area contributed by atoms with Gasteiger partial charge in [-0.05, 0) is 131 Å². The lowest BCUT2D eigenvalue weighted by Crippen LogP contribution is -2.39. The van der Waals surface area contributed by atoms with Crippen LogP contribution in [0.4, 0.5) is 16.6 Å². The Kier molecular flexibility index (Phi) is 13.3. The van der Waals surface area contributed by atoms with Gasteiger partial charge in [0.25, 0.3) is 5.91 Å². The maximum atomic E-state index is 14.1. The number of aromatic nitrogens is 4. The summed E-state index contributed by atoms with van der Waals surface area (Å²) in [7, 11) is 1.79. The van der Waals surface area contributed by atoms with Crippen LogP contribution in [0.2, 0.25) is 0 Å². The van der Waals surface area contributed by atoms with Gasteiger partial charge in [-0.3, -0.25) is 39.4 Å². The quantitative estimate of drug-likeness (QED) is 0.0739. The number of amides is 4. The summed E-state index contributed by atoms with van der Waals surface area (Å²) < 4.78 is 15.1. The number of carbonyl (C=O) groups is 5. The molecule has 2 saturated heterocycles. The minimum Gasteiger partial charge on any atom is -0.493 e. The fourth-order valence-corrected chi connectivity index (χ4v) is 11.0. The molecule has 0 bridgehead atoms. The van der Waals surface area contributed by atoms with Crippen molar-refractivity contribution in [3.63, 3.8) is 0 Å². The smallest absolute Gasteiger partial charge is 0.358 e. The van der Waals surface area contributed by atoms with E-state index in [1.165, 1.54) is 11.3 Å². The van der Waals surface area contributed by atoms with Gasteiger partial charge >= 0.3 is 5.97 Å². The summed E-state index contributed by atoms with van der Waals surface area (Å²) in [4.78, 5) is 79.6. The molecule has 3 aromatic heterocycles. The zero-order valence-corrected chi connectivity index (χ0v) is 41.9. The lowest BCUT2D eigenvalue weighted by molar-refractivity contribution is -0.134. The predicted octanol–water partition coefficient (Wildman–Crippen LogP) is 8.57. The Balaban J connectivity index is 0.788. The number of likely N-dealkylation sites (tertiary alicyclic amines) is 1. The molecule has 7 aromatic rings. The van der Waals surface area contributed by atoms with E-state index in [4.69, 9.17) is 14.5 Å². The molecule has 0 aliphatic carbocycles. The number of carbonyl (C=O) groups excluding carboxylic acids is 5. The molecule has 0 spiro atoms. The zero-order chi connectivity index (χ0) is 50.3. The molecule has 6 heterocycles. The van der Waals surface area contributed by atoms with E-state index in [-0.39, 0.29) is 42.3 Å². The van der Waals surface area contributed by atoms with E-state index in [0.717, 1.165) is 69.3 Å². The number of imide groups is 1. The SMILES string of the molecule is Cc1c(OCC[C@H]2CCN(CC(=O)Nc3cccc4c(C5CCC(=O)NC5=O)nn(C)c34)C2)cccc1-c1ccc(N2CCc3cccc(C(=O)Nc4nc5ccccc5s4)c3C2)nc1C(=O)OC(C)(C)C. The standard InChI is InChI=1S/C55H57N9O7S/c1-32-35(12-10-17-43(32)70-28-25-33-23-26-63(29-33)31-47(66)56-42-16-9-14-38-48(61-62(5)50(38)42)39-20-22-46(65)59-52(39)68)36-19-21-45(58-49(36)53(69)71-55(2,3)4)64-27-24-34-11-8-13-37(40(34)30-64)51(67)60-54-57-41-15-6-7-18-44(41)72-54/h6-19,21,33,39H,20,22-31H2,1-5H3,(H,56,66)(H,57,60,67)(H,59,65,68)/t33-,39?/m1/s1. The number of hydrogen-bond donors (Lipinski definition) is 3. The Labute approximate surface area is 421 Å². The molecule has 3 N–H and O–H groups in total. The van der Waals surface area contributed by atoms with Gasteiger partial charge in [-0.25, -0.2) is 14.8 Å². The van der Waals surface area contributed by atoms with E-state index in [2.05, 4.69) is 41.9 Å². The summed E-state index contributed by atoms with van der Waals surface area (Å²) in [6.45, 7) is 10.8. The fourth-order valence-electron chi connectivity index (χ4n) is 10.2. The highest BCUT2D eigenvalue weighted by molar-refractivity contribution is 7.22. The van der Waals surface area contributed by atoms with Crippen LogP contribution in [0, 0.1) is 12.8 Å². The van der Waals surface area contributed by atoms with Gasteiger partial charge in [0.15, 0.2) is 10.8 Å². The molecule has 2 atom stereocenters. The van der Waals surface area contributed by atoms with Crippen LogP contribution in [0.25, 0.3) is 32.2 Å². The van der Waals surface area contributed by atoms with Gasteiger partial charge in [-0.15, -0.1) is 0 Å². The van der Waals surface area contributed by atoms with Gasteiger partial charge in [0.1, 0.15) is 17.2 Å². The number of pyridine rings is 1. The zero-order valence-electron chi connectivity index (χ0n) is 41.0. The van der Waals surface area contributed by atoms with Gasteiger partial charge in [-0.2, -0.15) is 5.10 Å². The second kappa shape index (κ2) is 20.0.